The highest BCUT2D eigenvalue weighted by Crippen LogP contribution is 2.22. The molecular formula is C18H24N6O2. The van der Waals surface area contributed by atoms with Crippen molar-refractivity contribution in [1.29, 1.82) is 0 Å². The van der Waals surface area contributed by atoms with E-state index in [1.165, 1.54) is 0 Å². The molecule has 0 radical (unpaired) electrons. The lowest BCUT2D eigenvalue weighted by atomic mass is 10.1. The van der Waals surface area contributed by atoms with Crippen LogP contribution >= 0.6 is 0 Å². The van der Waals surface area contributed by atoms with E-state index in [1.807, 2.05) is 28.9 Å². The summed E-state index contributed by atoms with van der Waals surface area (Å²) in [6, 6.07) is 4.32. The third-order valence-corrected chi connectivity index (χ3v) is 4.97. The predicted molar refractivity (Wildman–Crippen MR) is 98.1 cm³/mol. The van der Waals surface area contributed by atoms with Crippen LogP contribution in [0.15, 0.2) is 18.3 Å². The second kappa shape index (κ2) is 7.41. The topological polar surface area (TPSA) is 83.5 Å². The highest BCUT2D eigenvalue weighted by atomic mass is 16.5. The van der Waals surface area contributed by atoms with Crippen LogP contribution in [-0.4, -0.2) is 76.2 Å². The van der Waals surface area contributed by atoms with Crippen LogP contribution in [0.5, 0.6) is 0 Å². The van der Waals surface area contributed by atoms with E-state index in [-0.39, 0.29) is 6.03 Å². The maximum absolute atomic E-state index is 12.6. The molecule has 2 aromatic heterocycles. The van der Waals surface area contributed by atoms with Crippen molar-refractivity contribution < 1.29 is 9.53 Å². The van der Waals surface area contributed by atoms with E-state index in [2.05, 4.69) is 20.3 Å². The molecule has 0 atom stereocenters. The summed E-state index contributed by atoms with van der Waals surface area (Å²) in [5.41, 5.74) is 0.711. The first-order valence-corrected chi connectivity index (χ1v) is 9.18. The highest BCUT2D eigenvalue weighted by molar-refractivity contribution is 5.86. The first-order chi connectivity index (χ1) is 12.7. The molecule has 0 saturated carbocycles. The van der Waals surface area contributed by atoms with Gasteiger partial charge in [-0.25, -0.2) is 19.7 Å². The van der Waals surface area contributed by atoms with Gasteiger partial charge in [-0.3, -0.25) is 0 Å². The third kappa shape index (κ3) is 3.55. The number of urea groups is 1. The Bertz CT molecular complexity index is 784. The van der Waals surface area contributed by atoms with Crippen molar-refractivity contribution in [2.45, 2.75) is 25.8 Å². The molecule has 4 heterocycles. The molecule has 4 rings (SSSR count). The lowest BCUT2D eigenvalue weighted by Crippen LogP contribution is -2.51. The average Bonchev–Trinajstić information content (AvgIpc) is 2.68. The lowest BCUT2D eigenvalue weighted by molar-refractivity contribution is 0.0414. The van der Waals surface area contributed by atoms with Gasteiger partial charge in [0.05, 0.1) is 18.6 Å². The predicted octanol–water partition coefficient (Wildman–Crippen LogP) is 1.66. The van der Waals surface area contributed by atoms with Gasteiger partial charge in [0.1, 0.15) is 11.6 Å². The van der Waals surface area contributed by atoms with Gasteiger partial charge in [0.15, 0.2) is 5.65 Å². The highest BCUT2D eigenvalue weighted by Gasteiger charge is 2.27. The van der Waals surface area contributed by atoms with E-state index in [1.54, 1.807) is 6.20 Å². The summed E-state index contributed by atoms with van der Waals surface area (Å²) in [7, 11) is 0. The van der Waals surface area contributed by atoms with E-state index >= 15 is 0 Å². The Morgan fingerprint density at radius 3 is 2.65 bits per heavy atom. The van der Waals surface area contributed by atoms with Gasteiger partial charge in [0, 0.05) is 38.4 Å². The molecule has 0 unspecified atom stereocenters. The normalized spacial score (nSPS) is 19.0. The van der Waals surface area contributed by atoms with Crippen molar-refractivity contribution in [2.24, 2.45) is 0 Å². The van der Waals surface area contributed by atoms with Gasteiger partial charge in [-0.15, -0.1) is 0 Å². The van der Waals surface area contributed by atoms with Crippen molar-refractivity contribution in [3.8, 4) is 0 Å². The van der Waals surface area contributed by atoms with Crippen molar-refractivity contribution in [3.63, 3.8) is 0 Å². The Morgan fingerprint density at radius 1 is 1.15 bits per heavy atom. The number of aromatic nitrogens is 3. The number of pyridine rings is 1. The zero-order valence-electron chi connectivity index (χ0n) is 15.0. The molecule has 8 heteroatoms. The fourth-order valence-corrected chi connectivity index (χ4v) is 3.54. The largest absolute Gasteiger partial charge is 0.378 e. The van der Waals surface area contributed by atoms with Crippen molar-refractivity contribution >= 4 is 22.9 Å². The van der Waals surface area contributed by atoms with Crippen LogP contribution in [0.3, 0.4) is 0 Å². The molecule has 0 bridgehead atoms. The first-order valence-electron chi connectivity index (χ1n) is 9.18. The summed E-state index contributed by atoms with van der Waals surface area (Å²) in [5, 5.41) is 4.48. The number of amides is 2. The Kier molecular flexibility index (Phi) is 4.83. The van der Waals surface area contributed by atoms with Gasteiger partial charge in [0.25, 0.3) is 0 Å². The molecule has 8 nitrogen and oxygen atoms in total. The van der Waals surface area contributed by atoms with Gasteiger partial charge in [-0.2, -0.15) is 0 Å². The number of fused-ring (bicyclic) bond motifs is 1. The molecular weight excluding hydrogens is 332 g/mol. The minimum absolute atomic E-state index is 0.138. The number of anilines is 1. The Balaban J connectivity index is 1.39. The van der Waals surface area contributed by atoms with Crippen molar-refractivity contribution in [1.82, 2.24) is 24.8 Å². The van der Waals surface area contributed by atoms with E-state index in [0.29, 0.717) is 43.8 Å². The minimum atomic E-state index is 0.138. The van der Waals surface area contributed by atoms with Gasteiger partial charge < -0.3 is 19.9 Å². The molecule has 2 fully saturated rings. The van der Waals surface area contributed by atoms with Crippen molar-refractivity contribution in [2.75, 3.05) is 44.7 Å². The number of morpholine rings is 1. The summed E-state index contributed by atoms with van der Waals surface area (Å²) in [6.07, 6.45) is 3.55. The number of aryl methyl sites for hydroxylation is 1. The number of nitrogens with zero attached hydrogens (tertiary/aromatic N) is 5. The monoisotopic (exact) mass is 356 g/mol. The van der Waals surface area contributed by atoms with Crippen LogP contribution < -0.4 is 5.32 Å². The smallest absolute Gasteiger partial charge is 0.320 e. The summed E-state index contributed by atoms with van der Waals surface area (Å²) in [5.74, 6) is 1.54. The molecule has 2 saturated heterocycles. The second-order valence-electron chi connectivity index (χ2n) is 6.78. The number of likely N-dealkylation sites (tertiary alicyclic amines) is 1. The van der Waals surface area contributed by atoms with Crippen LogP contribution in [0.25, 0.3) is 11.0 Å². The van der Waals surface area contributed by atoms with Crippen LogP contribution in [0.2, 0.25) is 0 Å². The summed E-state index contributed by atoms with van der Waals surface area (Å²) in [4.78, 5) is 29.7. The number of nitrogens with one attached hydrogen (secondary N) is 1. The number of carbonyl (C=O) groups is 1. The SMILES string of the molecule is Cc1nc(NC2CCN(C(=O)N3CCOCC3)CC2)c2cccnc2n1. The summed E-state index contributed by atoms with van der Waals surface area (Å²) in [6.45, 7) is 6.05. The Labute approximate surface area is 152 Å². The third-order valence-electron chi connectivity index (χ3n) is 4.97. The number of hydrogen-bond donors (Lipinski definition) is 1. The Morgan fingerprint density at radius 2 is 1.88 bits per heavy atom. The van der Waals surface area contributed by atoms with E-state index in [0.717, 1.165) is 37.1 Å². The zero-order valence-corrected chi connectivity index (χ0v) is 15.0. The number of carbonyl (C=O) groups excluding carboxylic acids is 1. The number of hydrogen-bond acceptors (Lipinski definition) is 6. The van der Waals surface area contributed by atoms with Crippen LogP contribution in [-0.2, 0) is 4.74 Å². The molecule has 0 aromatic carbocycles. The maximum atomic E-state index is 12.6. The first kappa shape index (κ1) is 17.0. The fraction of sp³-hybridized carbons (Fsp3) is 0.556. The zero-order chi connectivity index (χ0) is 17.9. The molecule has 2 aliphatic rings. The Hall–Kier alpha value is -2.48. The van der Waals surface area contributed by atoms with Gasteiger partial charge >= 0.3 is 6.03 Å². The lowest BCUT2D eigenvalue weighted by Gasteiger charge is -2.37. The standard InChI is InChI=1S/C18H24N6O2/c1-13-20-16-15(3-2-6-19-16)17(21-13)22-14-4-7-23(8-5-14)18(25)24-9-11-26-12-10-24/h2-3,6,14H,4-5,7-12H2,1H3,(H,19,20,21,22). The summed E-state index contributed by atoms with van der Waals surface area (Å²) >= 11 is 0. The van der Waals surface area contributed by atoms with Gasteiger partial charge in [-0.1, -0.05) is 0 Å². The maximum Gasteiger partial charge on any atom is 0.320 e. The van der Waals surface area contributed by atoms with Gasteiger partial charge in [-0.05, 0) is 31.9 Å². The molecule has 138 valence electrons. The van der Waals surface area contributed by atoms with Crippen LogP contribution in [0.1, 0.15) is 18.7 Å². The second-order valence-corrected chi connectivity index (χ2v) is 6.78. The van der Waals surface area contributed by atoms with E-state index in [9.17, 15) is 4.79 Å². The van der Waals surface area contributed by atoms with Crippen LogP contribution in [0.4, 0.5) is 10.6 Å². The number of piperidine rings is 1. The minimum Gasteiger partial charge on any atom is -0.378 e. The average molecular weight is 356 g/mol. The van der Waals surface area contributed by atoms with Gasteiger partial charge in [0.2, 0.25) is 0 Å². The quantitative estimate of drug-likeness (QED) is 0.881. The van der Waals surface area contributed by atoms with Crippen molar-refractivity contribution in [3.05, 3.63) is 24.2 Å². The molecule has 0 spiro atoms. The molecule has 2 aromatic rings. The van der Waals surface area contributed by atoms with Crippen LogP contribution in [0, 0.1) is 6.92 Å². The molecule has 2 amide bonds. The fourth-order valence-electron chi connectivity index (χ4n) is 3.54. The van der Waals surface area contributed by atoms with E-state index in [4.69, 9.17) is 4.74 Å². The summed E-state index contributed by atoms with van der Waals surface area (Å²) < 4.78 is 5.33. The molecule has 0 aliphatic carbocycles. The molecule has 26 heavy (non-hydrogen) atoms. The molecule has 2 aliphatic heterocycles. The van der Waals surface area contributed by atoms with E-state index < -0.39 is 0 Å². The molecule has 1 N–H and O–H groups in total. The number of ether oxygens (including phenoxy) is 1. The number of rotatable bonds is 2.